The molecule has 0 bridgehead atoms. The molecule has 1 aromatic rings. The second-order valence-corrected chi connectivity index (χ2v) is 6.24. The van der Waals surface area contributed by atoms with Gasteiger partial charge in [0.2, 0.25) is 5.91 Å². The molecule has 1 heterocycles. The molecule has 1 rings (SSSR count). The number of carbonyl (C=O) groups excluding carboxylic acids is 1. The Morgan fingerprint density at radius 2 is 2.05 bits per heavy atom. The summed E-state index contributed by atoms with van der Waals surface area (Å²) in [5.74, 6) is -0.998. The summed E-state index contributed by atoms with van der Waals surface area (Å²) in [5, 5.41) is 11.2. The highest BCUT2D eigenvalue weighted by atomic mass is 32.1. The van der Waals surface area contributed by atoms with E-state index in [0.29, 0.717) is 13.1 Å². The minimum Gasteiger partial charge on any atom is -0.480 e. The lowest BCUT2D eigenvalue weighted by Gasteiger charge is -2.34. The smallest absolute Gasteiger partial charge is 0.323 e. The number of carboxylic acid groups (broad SMARTS) is 1. The molecule has 0 fully saturated rings. The zero-order chi connectivity index (χ0) is 15.3. The van der Waals surface area contributed by atoms with E-state index in [4.69, 9.17) is 0 Å². The molecule has 5 nitrogen and oxygen atoms in total. The number of hydrogen-bond acceptors (Lipinski definition) is 4. The van der Waals surface area contributed by atoms with Crippen molar-refractivity contribution in [1.82, 2.24) is 9.80 Å². The lowest BCUT2D eigenvalue weighted by molar-refractivity contribution is -0.150. The fourth-order valence-electron chi connectivity index (χ4n) is 1.85. The van der Waals surface area contributed by atoms with Crippen LogP contribution in [0.2, 0.25) is 0 Å². The van der Waals surface area contributed by atoms with E-state index in [1.54, 1.807) is 42.0 Å². The number of aliphatic carboxylic acids is 1. The number of nitrogens with zero attached hydrogens (tertiary/aromatic N) is 2. The van der Waals surface area contributed by atoms with E-state index in [2.05, 4.69) is 0 Å². The molecule has 0 unspecified atom stereocenters. The van der Waals surface area contributed by atoms with Crippen molar-refractivity contribution in [3.8, 4) is 0 Å². The molecule has 6 heteroatoms. The summed E-state index contributed by atoms with van der Waals surface area (Å²) in [6.45, 7) is 6.27. The van der Waals surface area contributed by atoms with Crippen molar-refractivity contribution in [3.05, 3.63) is 22.4 Å². The molecule has 0 aromatic carbocycles. The maximum Gasteiger partial charge on any atom is 0.323 e. The van der Waals surface area contributed by atoms with E-state index in [-0.39, 0.29) is 12.5 Å². The summed E-state index contributed by atoms with van der Waals surface area (Å²) in [4.78, 5) is 27.9. The van der Waals surface area contributed by atoms with Crippen LogP contribution in [0.25, 0.3) is 0 Å². The summed E-state index contributed by atoms with van der Waals surface area (Å²) in [5.41, 5.74) is -1.05. The van der Waals surface area contributed by atoms with E-state index in [9.17, 15) is 14.7 Å². The number of thiophene rings is 1. The first-order valence-electron chi connectivity index (χ1n) is 6.53. The Balaban J connectivity index is 2.65. The molecule has 1 N–H and O–H groups in total. The van der Waals surface area contributed by atoms with Gasteiger partial charge in [-0.05, 0) is 31.8 Å². The van der Waals surface area contributed by atoms with Crippen molar-refractivity contribution in [2.45, 2.75) is 32.9 Å². The average Bonchev–Trinajstić information content (AvgIpc) is 2.87. The van der Waals surface area contributed by atoms with Crippen LogP contribution in [0.1, 0.15) is 25.6 Å². The highest BCUT2D eigenvalue weighted by Crippen LogP contribution is 2.15. The normalized spacial score (nSPS) is 11.7. The van der Waals surface area contributed by atoms with Gasteiger partial charge in [0.1, 0.15) is 5.54 Å². The second-order valence-electron chi connectivity index (χ2n) is 5.21. The van der Waals surface area contributed by atoms with Crippen LogP contribution >= 0.6 is 11.3 Å². The third-order valence-corrected chi connectivity index (χ3v) is 4.28. The third-order valence-electron chi connectivity index (χ3n) is 3.42. The minimum absolute atomic E-state index is 0.0745. The van der Waals surface area contributed by atoms with Gasteiger partial charge in [0.15, 0.2) is 0 Å². The van der Waals surface area contributed by atoms with Crippen molar-refractivity contribution in [2.24, 2.45) is 0 Å². The Kier molecular flexibility index (Phi) is 5.71. The topological polar surface area (TPSA) is 60.9 Å². The molecule has 0 aliphatic rings. The van der Waals surface area contributed by atoms with Crippen molar-refractivity contribution >= 4 is 23.2 Å². The Hall–Kier alpha value is -1.40. The van der Waals surface area contributed by atoms with Crippen LogP contribution in [0.4, 0.5) is 0 Å². The van der Waals surface area contributed by atoms with Crippen LogP contribution < -0.4 is 0 Å². The molecule has 0 saturated heterocycles. The van der Waals surface area contributed by atoms with Crippen LogP contribution in [0.3, 0.4) is 0 Å². The summed E-state index contributed by atoms with van der Waals surface area (Å²) in [7, 11) is 1.74. The predicted molar refractivity (Wildman–Crippen MR) is 79.8 cm³/mol. The molecule has 0 spiro atoms. The molecule has 0 aliphatic carbocycles. The van der Waals surface area contributed by atoms with Gasteiger partial charge in [-0.3, -0.25) is 14.5 Å². The van der Waals surface area contributed by atoms with E-state index >= 15 is 0 Å². The van der Waals surface area contributed by atoms with Gasteiger partial charge in [-0.2, -0.15) is 0 Å². The van der Waals surface area contributed by atoms with Gasteiger partial charge in [0.05, 0.1) is 13.1 Å². The van der Waals surface area contributed by atoms with Crippen LogP contribution in [0.15, 0.2) is 17.5 Å². The number of carboxylic acids is 1. The van der Waals surface area contributed by atoms with Gasteiger partial charge in [0, 0.05) is 11.9 Å². The number of likely N-dealkylation sites (N-methyl/N-ethyl adjacent to an activating group) is 2. The predicted octanol–water partition coefficient (Wildman–Crippen LogP) is 1.89. The largest absolute Gasteiger partial charge is 0.480 e. The minimum atomic E-state index is -1.05. The van der Waals surface area contributed by atoms with E-state index in [1.807, 2.05) is 24.4 Å². The van der Waals surface area contributed by atoms with E-state index < -0.39 is 11.5 Å². The first kappa shape index (κ1) is 16.7. The maximum absolute atomic E-state index is 12.2. The molecule has 20 heavy (non-hydrogen) atoms. The molecular weight excluding hydrogens is 276 g/mol. The van der Waals surface area contributed by atoms with E-state index in [1.165, 1.54) is 0 Å². The fourth-order valence-corrected chi connectivity index (χ4v) is 2.61. The summed E-state index contributed by atoms with van der Waals surface area (Å²) in [6.07, 6.45) is 0. The molecule has 0 atom stereocenters. The first-order valence-corrected chi connectivity index (χ1v) is 7.41. The molecule has 0 saturated carbocycles. The SMILES string of the molecule is CCN(CC(=O)N(C)Cc1cccs1)C(C)(C)C(=O)O. The standard InChI is InChI=1S/C14H22N2O3S/c1-5-16(14(2,3)13(18)19)10-12(17)15(4)9-11-7-6-8-20-11/h6-8H,5,9-10H2,1-4H3,(H,18,19). The Labute approximate surface area is 123 Å². The Morgan fingerprint density at radius 3 is 2.50 bits per heavy atom. The Morgan fingerprint density at radius 1 is 1.40 bits per heavy atom. The number of hydrogen-bond donors (Lipinski definition) is 1. The highest BCUT2D eigenvalue weighted by molar-refractivity contribution is 7.09. The van der Waals surface area contributed by atoms with E-state index in [0.717, 1.165) is 4.88 Å². The molecule has 112 valence electrons. The zero-order valence-electron chi connectivity index (χ0n) is 12.4. The first-order chi connectivity index (χ1) is 9.28. The molecule has 0 radical (unpaired) electrons. The van der Waals surface area contributed by atoms with Gasteiger partial charge in [-0.1, -0.05) is 13.0 Å². The van der Waals surface area contributed by atoms with Crippen molar-refractivity contribution in [2.75, 3.05) is 20.1 Å². The number of carbonyl (C=O) groups is 2. The van der Waals surface area contributed by atoms with Gasteiger partial charge in [-0.15, -0.1) is 11.3 Å². The Bertz CT molecular complexity index is 457. The van der Waals surface area contributed by atoms with Gasteiger partial charge < -0.3 is 10.0 Å². The molecule has 1 amide bonds. The zero-order valence-corrected chi connectivity index (χ0v) is 13.2. The van der Waals surface area contributed by atoms with Crippen LogP contribution in [-0.2, 0) is 16.1 Å². The molecular formula is C14H22N2O3S. The summed E-state index contributed by atoms with van der Waals surface area (Å²) >= 11 is 1.60. The monoisotopic (exact) mass is 298 g/mol. The maximum atomic E-state index is 12.2. The highest BCUT2D eigenvalue weighted by Gasteiger charge is 2.35. The lowest BCUT2D eigenvalue weighted by Crippen LogP contribution is -2.53. The average molecular weight is 298 g/mol. The lowest BCUT2D eigenvalue weighted by atomic mass is 10.0. The quantitative estimate of drug-likeness (QED) is 0.835. The van der Waals surface area contributed by atoms with Gasteiger partial charge in [-0.25, -0.2) is 0 Å². The fraction of sp³-hybridized carbons (Fsp3) is 0.571. The summed E-state index contributed by atoms with van der Waals surface area (Å²) < 4.78 is 0. The molecule has 1 aromatic heterocycles. The van der Waals surface area contributed by atoms with Crippen molar-refractivity contribution < 1.29 is 14.7 Å². The van der Waals surface area contributed by atoms with Crippen LogP contribution in [0, 0.1) is 0 Å². The molecule has 0 aliphatic heterocycles. The number of rotatable bonds is 7. The third kappa shape index (κ3) is 4.05. The van der Waals surface area contributed by atoms with Crippen molar-refractivity contribution in [1.29, 1.82) is 0 Å². The van der Waals surface area contributed by atoms with Crippen molar-refractivity contribution in [3.63, 3.8) is 0 Å². The van der Waals surface area contributed by atoms with Gasteiger partial charge >= 0.3 is 5.97 Å². The van der Waals surface area contributed by atoms with Crippen LogP contribution in [-0.4, -0.2) is 52.5 Å². The number of amides is 1. The second kappa shape index (κ2) is 6.85. The summed E-state index contributed by atoms with van der Waals surface area (Å²) in [6, 6.07) is 3.93. The van der Waals surface area contributed by atoms with Crippen LogP contribution in [0.5, 0.6) is 0 Å². The van der Waals surface area contributed by atoms with Gasteiger partial charge in [0.25, 0.3) is 0 Å².